The lowest BCUT2D eigenvalue weighted by atomic mass is 10.0. The summed E-state index contributed by atoms with van der Waals surface area (Å²) in [5.41, 5.74) is 2.76. The van der Waals surface area contributed by atoms with Crippen LogP contribution in [0.15, 0.2) is 30.3 Å². The fourth-order valence-electron chi connectivity index (χ4n) is 2.73. The Balaban J connectivity index is 2.07. The summed E-state index contributed by atoms with van der Waals surface area (Å²) in [5.74, 6) is -1.13. The van der Waals surface area contributed by atoms with E-state index in [1.54, 1.807) is 44.2 Å². The van der Waals surface area contributed by atoms with Gasteiger partial charge in [0.1, 0.15) is 0 Å². The van der Waals surface area contributed by atoms with E-state index in [1.165, 1.54) is 19.9 Å². The minimum Gasteiger partial charge on any atom is -0.451 e. The van der Waals surface area contributed by atoms with Crippen molar-refractivity contribution in [3.05, 3.63) is 63.4 Å². The Bertz CT molecular complexity index is 878. The number of benzene rings is 1. The molecule has 0 bridgehead atoms. The van der Waals surface area contributed by atoms with E-state index in [1.807, 2.05) is 0 Å². The lowest BCUT2D eigenvalue weighted by molar-refractivity contribution is -0.140. The summed E-state index contributed by atoms with van der Waals surface area (Å²) in [7, 11) is 0. The van der Waals surface area contributed by atoms with Crippen molar-refractivity contribution in [3.8, 4) is 0 Å². The molecule has 0 saturated carbocycles. The molecule has 1 atom stereocenters. The van der Waals surface area contributed by atoms with E-state index in [0.29, 0.717) is 21.8 Å². The van der Waals surface area contributed by atoms with Crippen molar-refractivity contribution in [2.45, 2.75) is 33.8 Å². The van der Waals surface area contributed by atoms with E-state index in [0.717, 1.165) is 5.56 Å². The molecule has 1 heterocycles. The Morgan fingerprint density at radius 1 is 1.15 bits per heavy atom. The Labute approximate surface area is 157 Å². The van der Waals surface area contributed by atoms with Gasteiger partial charge >= 0.3 is 5.97 Å². The minimum atomic E-state index is -0.978. The van der Waals surface area contributed by atoms with Crippen LogP contribution in [-0.4, -0.2) is 28.6 Å². The first-order chi connectivity index (χ1) is 12.2. The number of hydrogen-bond acceptors (Lipinski definition) is 4. The molecule has 2 aromatic rings. The number of halogens is 1. The van der Waals surface area contributed by atoms with Crippen LogP contribution in [0.2, 0.25) is 5.02 Å². The Kier molecular flexibility index (Phi) is 6.16. The first-order valence-corrected chi connectivity index (χ1v) is 8.47. The molecule has 0 aliphatic carbocycles. The van der Waals surface area contributed by atoms with Crippen molar-refractivity contribution in [1.29, 1.82) is 0 Å². The molecule has 6 heteroatoms. The van der Waals surface area contributed by atoms with Gasteiger partial charge < -0.3 is 9.72 Å². The monoisotopic (exact) mass is 373 g/mol. The number of aryl methyl sites for hydroxylation is 1. The van der Waals surface area contributed by atoms with Gasteiger partial charge in [0.15, 0.2) is 11.9 Å². The highest BCUT2D eigenvalue weighted by Gasteiger charge is 2.25. The molecule has 5 nitrogen and oxygen atoms in total. The number of H-pyrrole nitrogens is 1. The summed E-state index contributed by atoms with van der Waals surface area (Å²) in [6, 6.07) is 6.94. The van der Waals surface area contributed by atoms with Gasteiger partial charge in [-0.05, 0) is 57.0 Å². The van der Waals surface area contributed by atoms with Crippen LogP contribution < -0.4 is 0 Å². The van der Waals surface area contributed by atoms with Gasteiger partial charge in [0.25, 0.3) is 0 Å². The van der Waals surface area contributed by atoms with Crippen molar-refractivity contribution in [3.63, 3.8) is 0 Å². The number of hydrogen-bond donors (Lipinski definition) is 1. The molecule has 26 heavy (non-hydrogen) atoms. The molecule has 0 radical (unpaired) electrons. The number of Topliss-reactive ketones (excluding diaryl/α,β-unsaturated/α-hetero) is 2. The van der Waals surface area contributed by atoms with Gasteiger partial charge in [0.2, 0.25) is 5.78 Å². The molecule has 0 unspecified atom stereocenters. The molecule has 0 fully saturated rings. The van der Waals surface area contributed by atoms with E-state index in [9.17, 15) is 14.4 Å². The summed E-state index contributed by atoms with van der Waals surface area (Å²) in [6.07, 6.45) is 1.85. The van der Waals surface area contributed by atoms with Gasteiger partial charge in [-0.25, -0.2) is 4.79 Å². The molecule has 136 valence electrons. The van der Waals surface area contributed by atoms with Crippen molar-refractivity contribution in [2.24, 2.45) is 0 Å². The van der Waals surface area contributed by atoms with E-state index >= 15 is 0 Å². The second-order valence-corrected chi connectivity index (χ2v) is 6.45. The highest BCUT2D eigenvalue weighted by atomic mass is 35.5. The Hall–Kier alpha value is -2.66. The number of rotatable bonds is 6. The predicted octanol–water partition coefficient (Wildman–Crippen LogP) is 4.32. The minimum absolute atomic E-state index is 0.120. The number of nitrogens with one attached hydrogen (secondary N) is 1. The topological polar surface area (TPSA) is 76.2 Å². The average molecular weight is 374 g/mol. The van der Waals surface area contributed by atoms with Crippen LogP contribution in [0.25, 0.3) is 6.08 Å². The van der Waals surface area contributed by atoms with Crippen molar-refractivity contribution < 1.29 is 19.1 Å². The zero-order chi connectivity index (χ0) is 19.4. The molecule has 0 aliphatic rings. The lowest BCUT2D eigenvalue weighted by Gasteiger charge is -2.10. The van der Waals surface area contributed by atoms with Crippen LogP contribution in [0.3, 0.4) is 0 Å². The summed E-state index contributed by atoms with van der Waals surface area (Å²) < 4.78 is 5.17. The van der Waals surface area contributed by atoms with Gasteiger partial charge in [-0.3, -0.25) is 9.59 Å². The van der Waals surface area contributed by atoms with Crippen LogP contribution in [0.1, 0.15) is 51.5 Å². The maximum Gasteiger partial charge on any atom is 0.331 e. The number of aromatic nitrogens is 1. The number of carbonyl (C=O) groups excluding carboxylic acids is 3. The quantitative estimate of drug-likeness (QED) is 0.465. The molecule has 1 aromatic heterocycles. The largest absolute Gasteiger partial charge is 0.451 e. The molecular formula is C20H20ClNO4. The Morgan fingerprint density at radius 3 is 2.31 bits per heavy atom. The second-order valence-electron chi connectivity index (χ2n) is 6.01. The first kappa shape index (κ1) is 19.7. The van der Waals surface area contributed by atoms with Crippen LogP contribution in [0, 0.1) is 13.8 Å². The molecule has 1 aromatic carbocycles. The van der Waals surface area contributed by atoms with Gasteiger partial charge in [-0.1, -0.05) is 23.7 Å². The highest BCUT2D eigenvalue weighted by Crippen LogP contribution is 2.20. The van der Waals surface area contributed by atoms with E-state index in [-0.39, 0.29) is 17.3 Å². The normalized spacial score (nSPS) is 12.2. The zero-order valence-electron chi connectivity index (χ0n) is 15.1. The van der Waals surface area contributed by atoms with Gasteiger partial charge in [0.05, 0.1) is 5.69 Å². The van der Waals surface area contributed by atoms with Crippen molar-refractivity contribution in [2.75, 3.05) is 0 Å². The molecular weight excluding hydrogens is 354 g/mol. The summed E-state index contributed by atoms with van der Waals surface area (Å²) in [4.78, 5) is 39.1. The third-order valence-electron chi connectivity index (χ3n) is 3.98. The van der Waals surface area contributed by atoms with Crippen molar-refractivity contribution in [1.82, 2.24) is 4.98 Å². The molecule has 0 aliphatic heterocycles. The number of aromatic amines is 1. The van der Waals surface area contributed by atoms with Crippen molar-refractivity contribution >= 4 is 35.2 Å². The summed E-state index contributed by atoms with van der Waals surface area (Å²) in [6.45, 7) is 6.37. The van der Waals surface area contributed by atoms with Gasteiger partial charge in [0, 0.05) is 22.4 Å². The smallest absolute Gasteiger partial charge is 0.331 e. The van der Waals surface area contributed by atoms with Gasteiger partial charge in [-0.2, -0.15) is 0 Å². The third kappa shape index (κ3) is 4.49. The lowest BCUT2D eigenvalue weighted by Crippen LogP contribution is -2.24. The SMILES string of the molecule is CC(=O)c1c(C)[nH]c(C(=O)[C@@H](C)OC(=O)/C=C/c2ccc(Cl)cc2)c1C. The maximum atomic E-state index is 12.5. The number of esters is 1. The number of ketones is 2. The van der Waals surface area contributed by atoms with Crippen LogP contribution in [0.4, 0.5) is 0 Å². The fourth-order valence-corrected chi connectivity index (χ4v) is 2.86. The van der Waals surface area contributed by atoms with Crippen LogP contribution >= 0.6 is 11.6 Å². The number of ether oxygens (including phenoxy) is 1. The third-order valence-corrected chi connectivity index (χ3v) is 4.23. The maximum absolute atomic E-state index is 12.5. The van der Waals surface area contributed by atoms with E-state index in [2.05, 4.69) is 4.98 Å². The molecule has 1 N–H and O–H groups in total. The number of carbonyl (C=O) groups is 3. The van der Waals surface area contributed by atoms with E-state index in [4.69, 9.17) is 16.3 Å². The standard InChI is InChI=1S/C20H20ClNO4/c1-11-18(13(3)23)12(2)22-19(11)20(25)14(4)26-17(24)10-7-15-5-8-16(21)9-6-15/h5-10,14,22H,1-4H3/b10-7+/t14-/m1/s1. The fraction of sp³-hybridized carbons (Fsp3) is 0.250. The van der Waals surface area contributed by atoms with Gasteiger partial charge in [-0.15, -0.1) is 0 Å². The van der Waals surface area contributed by atoms with Crippen LogP contribution in [0.5, 0.6) is 0 Å². The molecule has 0 amide bonds. The zero-order valence-corrected chi connectivity index (χ0v) is 15.8. The molecule has 0 saturated heterocycles. The Morgan fingerprint density at radius 2 is 1.77 bits per heavy atom. The second kappa shape index (κ2) is 8.15. The average Bonchev–Trinajstić information content (AvgIpc) is 2.88. The predicted molar refractivity (Wildman–Crippen MR) is 101 cm³/mol. The highest BCUT2D eigenvalue weighted by molar-refractivity contribution is 6.30. The first-order valence-electron chi connectivity index (χ1n) is 8.09. The summed E-state index contributed by atoms with van der Waals surface area (Å²) >= 11 is 5.80. The summed E-state index contributed by atoms with van der Waals surface area (Å²) in [5, 5.41) is 0.602. The van der Waals surface area contributed by atoms with Crippen LogP contribution in [-0.2, 0) is 9.53 Å². The molecule has 2 rings (SSSR count). The van der Waals surface area contributed by atoms with E-state index < -0.39 is 12.1 Å². The molecule has 0 spiro atoms.